The summed E-state index contributed by atoms with van der Waals surface area (Å²) >= 11 is 0. The molecule has 0 heterocycles. The molecule has 2 rings (SSSR count). The van der Waals surface area contributed by atoms with Crippen molar-refractivity contribution in [3.05, 3.63) is 65.2 Å². The molecule has 40 heavy (non-hydrogen) atoms. The Morgan fingerprint density at radius 2 is 1.65 bits per heavy atom. The average molecular weight is 554 g/mol. The minimum atomic E-state index is -1.03. The van der Waals surface area contributed by atoms with Gasteiger partial charge in [-0.2, -0.15) is 0 Å². The van der Waals surface area contributed by atoms with Crippen molar-refractivity contribution >= 4 is 17.9 Å². The number of hydrogen-bond donors (Lipinski definition) is 3. The number of alkyl carbamates (subject to hydrolysis) is 1. The quantitative estimate of drug-likeness (QED) is 0.288. The summed E-state index contributed by atoms with van der Waals surface area (Å²) in [4.78, 5) is 42.9. The molecule has 0 saturated heterocycles. The van der Waals surface area contributed by atoms with E-state index >= 15 is 0 Å². The number of phenolic OH excluding ortho intramolecular Hbond substituents is 1. The second-order valence-corrected chi connectivity index (χ2v) is 11.9. The summed E-state index contributed by atoms with van der Waals surface area (Å²) in [7, 11) is 0. The number of carbonyl (C=O) groups is 3. The zero-order chi connectivity index (χ0) is 30.1. The molecule has 0 aliphatic carbocycles. The van der Waals surface area contributed by atoms with Gasteiger partial charge in [-0.15, -0.1) is 0 Å². The standard InChI is InChI=1S/C32H47N3O5/c1-9-11-19-33-28(37)27(24-14-12-13-22(3)20-24)35(32(7,8)10-2)29(38)26(34-30(39)40-31(4,5)6)21-23-15-17-25(36)18-16-23/h12-18,20,26-27,36H,9-11,19,21H2,1-8H3,(H,33,37)(H,34,39). The Kier molecular flexibility index (Phi) is 11.6. The Morgan fingerprint density at radius 3 is 2.20 bits per heavy atom. The maximum atomic E-state index is 14.6. The third-order valence-electron chi connectivity index (χ3n) is 6.81. The third kappa shape index (κ3) is 9.57. The molecule has 2 aromatic rings. The summed E-state index contributed by atoms with van der Waals surface area (Å²) in [5.74, 6) is -0.568. The Bertz CT molecular complexity index is 1140. The highest BCUT2D eigenvalue weighted by Crippen LogP contribution is 2.33. The number of phenols is 1. The van der Waals surface area contributed by atoms with E-state index in [0.717, 1.165) is 24.0 Å². The van der Waals surface area contributed by atoms with Crippen LogP contribution >= 0.6 is 0 Å². The lowest BCUT2D eigenvalue weighted by molar-refractivity contribution is -0.149. The van der Waals surface area contributed by atoms with Gasteiger partial charge >= 0.3 is 6.09 Å². The maximum absolute atomic E-state index is 14.6. The number of aromatic hydroxyl groups is 1. The molecular formula is C32H47N3O5. The average Bonchev–Trinajstić information content (AvgIpc) is 2.86. The van der Waals surface area contributed by atoms with Gasteiger partial charge in [-0.3, -0.25) is 9.59 Å². The number of nitrogens with zero attached hydrogens (tertiary/aromatic N) is 1. The number of amides is 3. The summed E-state index contributed by atoms with van der Waals surface area (Å²) < 4.78 is 5.50. The minimum Gasteiger partial charge on any atom is -0.508 e. The number of carbonyl (C=O) groups excluding carboxylic acids is 3. The SMILES string of the molecule is CCCCNC(=O)C(c1cccc(C)c1)N(C(=O)C(Cc1ccc(O)cc1)NC(=O)OC(C)(C)C)C(C)(C)CC. The van der Waals surface area contributed by atoms with E-state index in [2.05, 4.69) is 17.6 Å². The van der Waals surface area contributed by atoms with Crippen molar-refractivity contribution in [2.45, 2.75) is 104 Å². The van der Waals surface area contributed by atoms with Crippen molar-refractivity contribution in [1.29, 1.82) is 0 Å². The van der Waals surface area contributed by atoms with Gasteiger partial charge in [0.1, 0.15) is 23.4 Å². The molecule has 0 fully saturated rings. The molecule has 3 N–H and O–H groups in total. The van der Waals surface area contributed by atoms with Gasteiger partial charge < -0.3 is 25.4 Å². The van der Waals surface area contributed by atoms with Gasteiger partial charge in [0, 0.05) is 18.5 Å². The first-order valence-corrected chi connectivity index (χ1v) is 14.1. The summed E-state index contributed by atoms with van der Waals surface area (Å²) in [5.41, 5.74) is 0.904. The lowest BCUT2D eigenvalue weighted by atomic mass is 9.90. The molecule has 8 nitrogen and oxygen atoms in total. The third-order valence-corrected chi connectivity index (χ3v) is 6.81. The normalized spacial score (nSPS) is 13.2. The second kappa shape index (κ2) is 14.2. The molecule has 0 aromatic heterocycles. The van der Waals surface area contributed by atoms with Crippen LogP contribution in [0.1, 0.15) is 90.5 Å². The van der Waals surface area contributed by atoms with Gasteiger partial charge in [0.05, 0.1) is 0 Å². The number of unbranched alkanes of at least 4 members (excludes halogenated alkanes) is 1. The zero-order valence-corrected chi connectivity index (χ0v) is 25.3. The summed E-state index contributed by atoms with van der Waals surface area (Å²) in [5, 5.41) is 15.6. The fourth-order valence-electron chi connectivity index (χ4n) is 4.37. The Hall–Kier alpha value is -3.55. The smallest absolute Gasteiger partial charge is 0.408 e. The first-order chi connectivity index (χ1) is 18.7. The molecule has 0 radical (unpaired) electrons. The Morgan fingerprint density at radius 1 is 1.00 bits per heavy atom. The second-order valence-electron chi connectivity index (χ2n) is 11.9. The molecule has 0 aliphatic rings. The van der Waals surface area contributed by atoms with Crippen molar-refractivity contribution in [2.24, 2.45) is 0 Å². The van der Waals surface area contributed by atoms with E-state index < -0.39 is 35.2 Å². The van der Waals surface area contributed by atoms with Crippen LogP contribution in [0.25, 0.3) is 0 Å². The van der Waals surface area contributed by atoms with Gasteiger partial charge in [-0.1, -0.05) is 62.2 Å². The van der Waals surface area contributed by atoms with Crippen LogP contribution in [0.5, 0.6) is 5.75 Å². The van der Waals surface area contributed by atoms with E-state index in [1.54, 1.807) is 37.8 Å². The molecule has 0 bridgehead atoms. The molecule has 220 valence electrons. The molecule has 0 aliphatic heterocycles. The van der Waals surface area contributed by atoms with Crippen LogP contribution in [-0.4, -0.2) is 51.6 Å². The predicted molar refractivity (Wildman–Crippen MR) is 158 cm³/mol. The van der Waals surface area contributed by atoms with E-state index in [1.165, 1.54) is 12.1 Å². The van der Waals surface area contributed by atoms with E-state index in [9.17, 15) is 19.5 Å². The monoisotopic (exact) mass is 553 g/mol. The Labute approximate surface area is 239 Å². The van der Waals surface area contributed by atoms with Gasteiger partial charge in [-0.05, 0) is 77.6 Å². The van der Waals surface area contributed by atoms with Crippen LogP contribution in [0.15, 0.2) is 48.5 Å². The van der Waals surface area contributed by atoms with E-state index in [1.807, 2.05) is 52.0 Å². The van der Waals surface area contributed by atoms with Gasteiger partial charge in [0.15, 0.2) is 0 Å². The first kappa shape index (κ1) is 32.7. The number of rotatable bonds is 12. The lowest BCUT2D eigenvalue weighted by Crippen LogP contribution is -2.60. The molecule has 8 heteroatoms. The van der Waals surface area contributed by atoms with Gasteiger partial charge in [0.2, 0.25) is 11.8 Å². The number of benzene rings is 2. The molecule has 3 amide bonds. The van der Waals surface area contributed by atoms with Gasteiger partial charge in [-0.25, -0.2) is 4.79 Å². The van der Waals surface area contributed by atoms with Crippen LogP contribution in [0.3, 0.4) is 0 Å². The molecule has 2 atom stereocenters. The molecular weight excluding hydrogens is 506 g/mol. The van der Waals surface area contributed by atoms with Crippen LogP contribution in [0.4, 0.5) is 4.79 Å². The molecule has 0 spiro atoms. The van der Waals surface area contributed by atoms with E-state index in [-0.39, 0.29) is 18.1 Å². The minimum absolute atomic E-state index is 0.101. The largest absolute Gasteiger partial charge is 0.508 e. The van der Waals surface area contributed by atoms with Gasteiger partial charge in [0.25, 0.3) is 0 Å². The highest BCUT2D eigenvalue weighted by Gasteiger charge is 2.43. The van der Waals surface area contributed by atoms with Crippen molar-refractivity contribution in [3.63, 3.8) is 0 Å². The maximum Gasteiger partial charge on any atom is 0.408 e. The van der Waals surface area contributed by atoms with Crippen molar-refractivity contribution in [3.8, 4) is 5.75 Å². The zero-order valence-electron chi connectivity index (χ0n) is 25.3. The Balaban J connectivity index is 2.63. The van der Waals surface area contributed by atoms with Crippen LogP contribution in [0.2, 0.25) is 0 Å². The fourth-order valence-corrected chi connectivity index (χ4v) is 4.37. The first-order valence-electron chi connectivity index (χ1n) is 14.1. The number of ether oxygens (including phenoxy) is 1. The highest BCUT2D eigenvalue weighted by atomic mass is 16.6. The number of nitrogens with one attached hydrogen (secondary N) is 2. The number of aryl methyl sites for hydroxylation is 1. The summed E-state index contributed by atoms with van der Waals surface area (Å²) in [6.45, 7) is 15.6. The predicted octanol–water partition coefficient (Wildman–Crippen LogP) is 5.81. The van der Waals surface area contributed by atoms with Crippen LogP contribution < -0.4 is 10.6 Å². The van der Waals surface area contributed by atoms with Crippen molar-refractivity contribution < 1.29 is 24.2 Å². The van der Waals surface area contributed by atoms with E-state index in [4.69, 9.17) is 4.74 Å². The highest BCUT2D eigenvalue weighted by molar-refractivity contribution is 5.93. The lowest BCUT2D eigenvalue weighted by Gasteiger charge is -2.44. The van der Waals surface area contributed by atoms with Crippen LogP contribution in [-0.2, 0) is 20.7 Å². The molecule has 2 aromatic carbocycles. The fraction of sp³-hybridized carbons (Fsp3) is 0.531. The number of hydrogen-bond acceptors (Lipinski definition) is 5. The van der Waals surface area contributed by atoms with Crippen molar-refractivity contribution in [2.75, 3.05) is 6.54 Å². The van der Waals surface area contributed by atoms with E-state index in [0.29, 0.717) is 18.5 Å². The van der Waals surface area contributed by atoms with Crippen molar-refractivity contribution in [1.82, 2.24) is 15.5 Å². The molecule has 0 saturated carbocycles. The summed E-state index contributed by atoms with van der Waals surface area (Å²) in [6, 6.07) is 12.2. The van der Waals surface area contributed by atoms with Crippen LogP contribution in [0, 0.1) is 6.92 Å². The summed E-state index contributed by atoms with van der Waals surface area (Å²) in [6.07, 6.45) is 1.74. The molecule has 2 unspecified atom stereocenters. The topological polar surface area (TPSA) is 108 Å².